The number of methoxy groups -OCH3 is 1. The first-order valence-corrected chi connectivity index (χ1v) is 16.4. The fourth-order valence-electron chi connectivity index (χ4n) is 6.00. The maximum atomic E-state index is 9.72. The lowest BCUT2D eigenvalue weighted by molar-refractivity contribution is -0.110. The molecule has 3 heterocycles. The first kappa shape index (κ1) is 37.9. The van der Waals surface area contributed by atoms with E-state index in [9.17, 15) is 4.79 Å². The standard InChI is InChI=1S/C28H39N3O2.C7H16N2O.CH2O/c1-7-31-25-11-10-21(30-13-15-33-16-14-30)17-23(25)24(18-28(4,5)19-32-6)27(31)22-9-8-12-29-26(22)20(2)3;1-2-3-4-5-6-8-9-7-10;1-2/h8-12,17,20H,7,13-16,18-19H2,1-6H3;7-8H,2-6H2,1H3,(H,9,10);1H2. The van der Waals surface area contributed by atoms with E-state index in [0.717, 1.165) is 64.5 Å². The Morgan fingerprint density at radius 1 is 1.11 bits per heavy atom. The molecule has 9 heteroatoms. The highest BCUT2D eigenvalue weighted by molar-refractivity contribution is 5.94. The summed E-state index contributed by atoms with van der Waals surface area (Å²) in [5.41, 5.74) is 12.9. The van der Waals surface area contributed by atoms with Crippen LogP contribution >= 0.6 is 0 Å². The van der Waals surface area contributed by atoms with Crippen LogP contribution in [-0.4, -0.2) is 69.3 Å². The molecule has 1 aliphatic rings. The van der Waals surface area contributed by atoms with Crippen LogP contribution in [0.25, 0.3) is 22.2 Å². The first-order valence-electron chi connectivity index (χ1n) is 16.4. The van der Waals surface area contributed by atoms with Crippen LogP contribution in [0, 0.1) is 5.41 Å². The predicted molar refractivity (Wildman–Crippen MR) is 186 cm³/mol. The van der Waals surface area contributed by atoms with Crippen LogP contribution in [0.4, 0.5) is 5.69 Å². The third kappa shape index (κ3) is 10.9. The lowest BCUT2D eigenvalue weighted by Crippen LogP contribution is -2.36. The number of aromatic nitrogens is 2. The zero-order valence-corrected chi connectivity index (χ0v) is 28.8. The van der Waals surface area contributed by atoms with E-state index in [1.54, 1.807) is 7.11 Å². The monoisotopic (exact) mass is 623 g/mol. The Morgan fingerprint density at radius 2 is 1.84 bits per heavy atom. The summed E-state index contributed by atoms with van der Waals surface area (Å²) in [7, 11) is 1.80. The number of fused-ring (bicyclic) bond motifs is 1. The highest BCUT2D eigenvalue weighted by atomic mass is 16.5. The number of hydrazine groups is 1. The van der Waals surface area contributed by atoms with E-state index in [1.807, 2.05) is 13.0 Å². The minimum absolute atomic E-state index is 0.0194. The maximum absolute atomic E-state index is 9.72. The molecule has 0 radical (unpaired) electrons. The van der Waals surface area contributed by atoms with Crippen LogP contribution in [0.5, 0.6) is 0 Å². The summed E-state index contributed by atoms with van der Waals surface area (Å²) >= 11 is 0. The van der Waals surface area contributed by atoms with Crippen molar-refractivity contribution in [3.8, 4) is 11.3 Å². The smallest absolute Gasteiger partial charge is 0.221 e. The van der Waals surface area contributed by atoms with E-state index in [1.165, 1.54) is 52.7 Å². The van der Waals surface area contributed by atoms with Crippen LogP contribution in [0.2, 0.25) is 0 Å². The summed E-state index contributed by atoms with van der Waals surface area (Å²) < 4.78 is 13.7. The number of ether oxygens (including phenoxy) is 2. The van der Waals surface area contributed by atoms with Crippen molar-refractivity contribution < 1.29 is 19.1 Å². The number of morpholine rings is 1. The SMILES string of the molecule is C=O.CCCCCCNNC=O.CCn1c(-c2cccnc2C(C)C)c(CC(C)(C)COC)c2cc(N3CCOCC3)ccc21. The number of hydrogen-bond donors (Lipinski definition) is 2. The summed E-state index contributed by atoms with van der Waals surface area (Å²) in [5, 5.41) is 1.35. The van der Waals surface area contributed by atoms with E-state index in [-0.39, 0.29) is 5.41 Å². The van der Waals surface area contributed by atoms with Gasteiger partial charge in [-0.25, -0.2) is 5.43 Å². The second kappa shape index (κ2) is 20.0. The number of amides is 1. The maximum Gasteiger partial charge on any atom is 0.221 e. The topological polar surface area (TPSA) is 97.7 Å². The molecular weight excluding hydrogens is 566 g/mol. The lowest BCUT2D eigenvalue weighted by Gasteiger charge is -2.29. The molecule has 4 rings (SSSR count). The molecule has 0 bridgehead atoms. The van der Waals surface area contributed by atoms with Crippen molar-refractivity contribution >= 4 is 29.8 Å². The Hall–Kier alpha value is -3.27. The molecule has 9 nitrogen and oxygen atoms in total. The molecule has 45 heavy (non-hydrogen) atoms. The molecule has 3 aromatic rings. The van der Waals surface area contributed by atoms with Crippen molar-refractivity contribution in [1.82, 2.24) is 20.4 Å². The van der Waals surface area contributed by atoms with Crippen molar-refractivity contribution in [1.29, 1.82) is 0 Å². The molecule has 250 valence electrons. The van der Waals surface area contributed by atoms with Gasteiger partial charge in [-0.1, -0.05) is 53.9 Å². The second-order valence-corrected chi connectivity index (χ2v) is 12.5. The summed E-state index contributed by atoms with van der Waals surface area (Å²) in [6, 6.07) is 11.3. The Morgan fingerprint density at radius 3 is 2.47 bits per heavy atom. The van der Waals surface area contributed by atoms with Gasteiger partial charge in [0.1, 0.15) is 6.79 Å². The highest BCUT2D eigenvalue weighted by Gasteiger charge is 2.28. The average Bonchev–Trinajstić information content (AvgIpc) is 3.35. The van der Waals surface area contributed by atoms with Gasteiger partial charge in [-0.05, 0) is 67.0 Å². The van der Waals surface area contributed by atoms with E-state index < -0.39 is 0 Å². The van der Waals surface area contributed by atoms with Gasteiger partial charge in [-0.2, -0.15) is 0 Å². The quantitative estimate of drug-likeness (QED) is 0.113. The molecule has 0 aliphatic carbocycles. The third-order valence-corrected chi connectivity index (χ3v) is 7.99. The number of rotatable bonds is 15. The normalized spacial score (nSPS) is 13.2. The Bertz CT molecular complexity index is 1280. The van der Waals surface area contributed by atoms with Crippen LogP contribution in [-0.2, 0) is 32.0 Å². The van der Waals surface area contributed by atoms with Gasteiger partial charge in [0.15, 0.2) is 0 Å². The number of nitrogens with zero attached hydrogens (tertiary/aromatic N) is 3. The van der Waals surface area contributed by atoms with Crippen LogP contribution in [0.3, 0.4) is 0 Å². The number of anilines is 1. The minimum atomic E-state index is 0.0194. The number of nitrogens with one attached hydrogen (secondary N) is 2. The van der Waals surface area contributed by atoms with Crippen molar-refractivity contribution in [2.75, 3.05) is 51.5 Å². The second-order valence-electron chi connectivity index (χ2n) is 12.5. The van der Waals surface area contributed by atoms with Gasteiger partial charge in [0, 0.05) is 61.6 Å². The number of aryl methyl sites for hydroxylation is 1. The minimum Gasteiger partial charge on any atom is -0.384 e. The van der Waals surface area contributed by atoms with Gasteiger partial charge in [0.2, 0.25) is 6.41 Å². The zero-order valence-electron chi connectivity index (χ0n) is 28.8. The van der Waals surface area contributed by atoms with Gasteiger partial charge >= 0.3 is 0 Å². The molecule has 0 atom stereocenters. The van der Waals surface area contributed by atoms with Gasteiger partial charge in [-0.15, -0.1) is 0 Å². The number of carbonyl (C=O) groups excluding carboxylic acids is 2. The summed E-state index contributed by atoms with van der Waals surface area (Å²) in [4.78, 5) is 25.0. The Labute approximate surface area is 271 Å². The molecule has 0 unspecified atom stereocenters. The number of pyridine rings is 1. The molecule has 1 saturated heterocycles. The summed E-state index contributed by atoms with van der Waals surface area (Å²) in [6.07, 6.45) is 8.42. The van der Waals surface area contributed by atoms with Gasteiger partial charge < -0.3 is 23.7 Å². The van der Waals surface area contributed by atoms with Crippen LogP contribution in [0.1, 0.15) is 84.4 Å². The third-order valence-electron chi connectivity index (χ3n) is 7.99. The van der Waals surface area contributed by atoms with Gasteiger partial charge in [-0.3, -0.25) is 15.2 Å². The summed E-state index contributed by atoms with van der Waals surface area (Å²) in [6.45, 7) is 21.5. The highest BCUT2D eigenvalue weighted by Crippen LogP contribution is 2.41. The number of benzene rings is 1. The van der Waals surface area contributed by atoms with Crippen molar-refractivity contribution in [2.45, 2.75) is 86.1 Å². The average molecular weight is 624 g/mol. The lowest BCUT2D eigenvalue weighted by atomic mass is 9.84. The Kier molecular flexibility index (Phi) is 16.8. The van der Waals surface area contributed by atoms with E-state index in [4.69, 9.17) is 19.3 Å². The number of hydrogen-bond acceptors (Lipinski definition) is 7. The van der Waals surface area contributed by atoms with E-state index in [0.29, 0.717) is 12.3 Å². The van der Waals surface area contributed by atoms with Gasteiger partial charge in [0.25, 0.3) is 0 Å². The fourth-order valence-corrected chi connectivity index (χ4v) is 6.00. The molecule has 0 spiro atoms. The van der Waals surface area contributed by atoms with E-state index in [2.05, 4.69) is 92.2 Å². The summed E-state index contributed by atoms with van der Waals surface area (Å²) in [5.74, 6) is 0.355. The Balaban J connectivity index is 0.000000503. The molecule has 1 amide bonds. The van der Waals surface area contributed by atoms with Crippen LogP contribution < -0.4 is 15.8 Å². The molecule has 1 aliphatic heterocycles. The molecule has 1 aromatic carbocycles. The van der Waals surface area contributed by atoms with E-state index >= 15 is 0 Å². The molecule has 0 saturated carbocycles. The van der Waals surface area contributed by atoms with Crippen molar-refractivity contribution in [3.05, 3.63) is 47.8 Å². The number of unbranched alkanes of at least 4 members (excludes halogenated alkanes) is 3. The van der Waals surface area contributed by atoms with Crippen molar-refractivity contribution in [2.24, 2.45) is 5.41 Å². The molecular formula is C36H57N5O4. The molecule has 1 fully saturated rings. The van der Waals surface area contributed by atoms with Crippen LogP contribution in [0.15, 0.2) is 36.5 Å². The molecule has 2 aromatic heterocycles. The fraction of sp³-hybridized carbons (Fsp3) is 0.583. The zero-order chi connectivity index (χ0) is 33.2. The number of carbonyl (C=O) groups is 2. The van der Waals surface area contributed by atoms with Gasteiger partial charge in [0.05, 0.1) is 31.2 Å². The van der Waals surface area contributed by atoms with Crippen molar-refractivity contribution in [3.63, 3.8) is 0 Å². The first-order chi connectivity index (χ1) is 21.8. The molecule has 2 N–H and O–H groups in total. The largest absolute Gasteiger partial charge is 0.384 e. The predicted octanol–water partition coefficient (Wildman–Crippen LogP) is 6.53.